The lowest BCUT2D eigenvalue weighted by Gasteiger charge is -2.27. The van der Waals surface area contributed by atoms with E-state index < -0.39 is 10.0 Å². The van der Waals surface area contributed by atoms with Crippen LogP contribution in [0.15, 0.2) is 4.99 Å². The second-order valence-corrected chi connectivity index (χ2v) is 5.34. The number of nitrogens with zero attached hydrogens (tertiary/aromatic N) is 2. The van der Waals surface area contributed by atoms with E-state index >= 15 is 0 Å². The Morgan fingerprint density at radius 3 is 2.69 bits per heavy atom. The van der Waals surface area contributed by atoms with Crippen molar-refractivity contribution < 1.29 is 13.2 Å². The van der Waals surface area contributed by atoms with Crippen LogP contribution < -0.4 is 10.5 Å². The van der Waals surface area contributed by atoms with Crippen LogP contribution >= 0.6 is 0 Å². The Labute approximate surface area is 95.7 Å². The van der Waals surface area contributed by atoms with E-state index in [1.165, 1.54) is 0 Å². The molecule has 16 heavy (non-hydrogen) atoms. The quantitative estimate of drug-likeness (QED) is 0.348. The number of ether oxygens (including phenoxy) is 1. The second kappa shape index (κ2) is 6.02. The van der Waals surface area contributed by atoms with Gasteiger partial charge in [-0.05, 0) is 0 Å². The van der Waals surface area contributed by atoms with Gasteiger partial charge in [-0.25, -0.2) is 13.1 Å². The summed E-state index contributed by atoms with van der Waals surface area (Å²) in [5.41, 5.74) is 5.74. The first kappa shape index (κ1) is 13.2. The van der Waals surface area contributed by atoms with E-state index in [0.29, 0.717) is 25.7 Å². The summed E-state index contributed by atoms with van der Waals surface area (Å²) in [5, 5.41) is 0. The molecule has 0 amide bonds. The second-order valence-electron chi connectivity index (χ2n) is 3.51. The van der Waals surface area contributed by atoms with Gasteiger partial charge in [0.05, 0.1) is 26.0 Å². The van der Waals surface area contributed by atoms with E-state index in [1.807, 2.05) is 4.90 Å². The SMILES string of the molecule is CS(=O)(=O)NCCN=C(N)N1CCOCC1. The molecule has 1 aliphatic heterocycles. The molecule has 0 saturated carbocycles. The number of nitrogens with two attached hydrogens (primary N) is 1. The number of nitrogens with one attached hydrogen (secondary N) is 1. The number of hydrogen-bond donors (Lipinski definition) is 2. The summed E-state index contributed by atoms with van der Waals surface area (Å²) in [4.78, 5) is 6.01. The van der Waals surface area contributed by atoms with Crippen molar-refractivity contribution in [3.63, 3.8) is 0 Å². The molecule has 0 aromatic carbocycles. The summed E-state index contributed by atoms with van der Waals surface area (Å²) in [7, 11) is -3.14. The number of sulfonamides is 1. The monoisotopic (exact) mass is 250 g/mol. The highest BCUT2D eigenvalue weighted by Gasteiger charge is 2.11. The summed E-state index contributed by atoms with van der Waals surface area (Å²) in [6, 6.07) is 0. The topological polar surface area (TPSA) is 97.0 Å². The van der Waals surface area contributed by atoms with Gasteiger partial charge in [-0.3, -0.25) is 4.99 Å². The van der Waals surface area contributed by atoms with E-state index in [2.05, 4.69) is 9.71 Å². The highest BCUT2D eigenvalue weighted by atomic mass is 32.2. The normalized spacial score (nSPS) is 18.8. The first-order chi connectivity index (χ1) is 7.49. The minimum atomic E-state index is -3.14. The molecule has 94 valence electrons. The van der Waals surface area contributed by atoms with Crippen LogP contribution in [0.2, 0.25) is 0 Å². The van der Waals surface area contributed by atoms with Crippen molar-refractivity contribution >= 4 is 16.0 Å². The van der Waals surface area contributed by atoms with E-state index in [-0.39, 0.29) is 6.54 Å². The average Bonchev–Trinajstić information content (AvgIpc) is 2.24. The van der Waals surface area contributed by atoms with Gasteiger partial charge in [0.25, 0.3) is 0 Å². The first-order valence-electron chi connectivity index (χ1n) is 5.06. The lowest BCUT2D eigenvalue weighted by molar-refractivity contribution is 0.0674. The van der Waals surface area contributed by atoms with Gasteiger partial charge in [0.1, 0.15) is 0 Å². The molecular weight excluding hydrogens is 232 g/mol. The number of rotatable bonds is 4. The van der Waals surface area contributed by atoms with Crippen molar-refractivity contribution in [1.82, 2.24) is 9.62 Å². The summed E-state index contributed by atoms with van der Waals surface area (Å²) < 4.78 is 29.0. The molecular formula is C8H18N4O3S. The van der Waals surface area contributed by atoms with Crippen LogP contribution in [0.3, 0.4) is 0 Å². The standard InChI is InChI=1S/C8H18N4O3S/c1-16(13,14)11-3-2-10-8(9)12-4-6-15-7-5-12/h11H,2-7H2,1H3,(H2,9,10). The van der Waals surface area contributed by atoms with Crippen molar-refractivity contribution in [3.05, 3.63) is 0 Å². The zero-order valence-corrected chi connectivity index (χ0v) is 10.2. The summed E-state index contributed by atoms with van der Waals surface area (Å²) in [6.45, 7) is 3.37. The summed E-state index contributed by atoms with van der Waals surface area (Å²) in [6.07, 6.45) is 1.11. The number of hydrogen-bond acceptors (Lipinski definition) is 4. The smallest absolute Gasteiger partial charge is 0.208 e. The number of morpholine rings is 1. The fourth-order valence-corrected chi connectivity index (χ4v) is 1.76. The van der Waals surface area contributed by atoms with Gasteiger partial charge in [0.2, 0.25) is 10.0 Å². The third kappa shape index (κ3) is 5.29. The molecule has 1 aliphatic rings. The maximum Gasteiger partial charge on any atom is 0.208 e. The Balaban J connectivity index is 2.27. The van der Waals surface area contributed by atoms with E-state index in [9.17, 15) is 8.42 Å². The molecule has 1 rings (SSSR count). The van der Waals surface area contributed by atoms with Gasteiger partial charge in [-0.15, -0.1) is 0 Å². The number of guanidine groups is 1. The zero-order valence-electron chi connectivity index (χ0n) is 9.35. The Bertz CT molecular complexity index is 335. The molecule has 1 saturated heterocycles. The lowest BCUT2D eigenvalue weighted by Crippen LogP contribution is -2.45. The largest absolute Gasteiger partial charge is 0.378 e. The molecule has 0 unspecified atom stereocenters. The molecule has 0 aromatic rings. The van der Waals surface area contributed by atoms with Crippen molar-refractivity contribution in [2.45, 2.75) is 0 Å². The Hall–Kier alpha value is -0.860. The third-order valence-corrected chi connectivity index (χ3v) is 2.81. The van der Waals surface area contributed by atoms with Gasteiger partial charge < -0.3 is 15.4 Å². The fraction of sp³-hybridized carbons (Fsp3) is 0.875. The molecule has 1 fully saturated rings. The Morgan fingerprint density at radius 2 is 2.12 bits per heavy atom. The molecule has 1 heterocycles. The molecule has 0 atom stereocenters. The fourth-order valence-electron chi connectivity index (χ4n) is 1.29. The molecule has 7 nitrogen and oxygen atoms in total. The van der Waals surface area contributed by atoms with E-state index in [4.69, 9.17) is 10.5 Å². The van der Waals surface area contributed by atoms with Gasteiger partial charge in [0.15, 0.2) is 5.96 Å². The minimum absolute atomic E-state index is 0.268. The van der Waals surface area contributed by atoms with E-state index in [1.54, 1.807) is 0 Å². The zero-order chi connectivity index (χ0) is 12.0. The van der Waals surface area contributed by atoms with Gasteiger partial charge in [-0.2, -0.15) is 0 Å². The molecule has 0 spiro atoms. The maximum atomic E-state index is 10.8. The molecule has 8 heteroatoms. The summed E-state index contributed by atoms with van der Waals surface area (Å²) in [5.74, 6) is 0.443. The van der Waals surface area contributed by atoms with Crippen LogP contribution in [0.5, 0.6) is 0 Å². The highest BCUT2D eigenvalue weighted by molar-refractivity contribution is 7.88. The minimum Gasteiger partial charge on any atom is -0.378 e. The van der Waals surface area contributed by atoms with Crippen molar-refractivity contribution in [2.24, 2.45) is 10.7 Å². The Kier molecular flexibility index (Phi) is 4.97. The predicted molar refractivity (Wildman–Crippen MR) is 61.7 cm³/mol. The first-order valence-corrected chi connectivity index (χ1v) is 6.95. The van der Waals surface area contributed by atoms with Gasteiger partial charge in [-0.1, -0.05) is 0 Å². The molecule has 3 N–H and O–H groups in total. The van der Waals surface area contributed by atoms with Crippen LogP contribution in [0, 0.1) is 0 Å². The predicted octanol–water partition coefficient (Wildman–Crippen LogP) is -1.82. The molecule has 0 bridgehead atoms. The van der Waals surface area contributed by atoms with Crippen LogP contribution in [0.1, 0.15) is 0 Å². The van der Waals surface area contributed by atoms with Crippen LogP contribution in [0.25, 0.3) is 0 Å². The molecule has 0 radical (unpaired) electrons. The molecule has 0 aromatic heterocycles. The maximum absolute atomic E-state index is 10.8. The number of aliphatic imine (C=N–C) groups is 1. The van der Waals surface area contributed by atoms with Gasteiger partial charge >= 0.3 is 0 Å². The highest BCUT2D eigenvalue weighted by Crippen LogP contribution is 1.95. The van der Waals surface area contributed by atoms with Crippen LogP contribution in [0.4, 0.5) is 0 Å². The van der Waals surface area contributed by atoms with Crippen LogP contribution in [-0.4, -0.2) is 64.9 Å². The average molecular weight is 250 g/mol. The van der Waals surface area contributed by atoms with Crippen molar-refractivity contribution in [1.29, 1.82) is 0 Å². The Morgan fingerprint density at radius 1 is 1.50 bits per heavy atom. The third-order valence-electron chi connectivity index (χ3n) is 2.08. The lowest BCUT2D eigenvalue weighted by atomic mass is 10.4. The van der Waals surface area contributed by atoms with Crippen LogP contribution in [-0.2, 0) is 14.8 Å². The van der Waals surface area contributed by atoms with Gasteiger partial charge in [0, 0.05) is 19.6 Å². The van der Waals surface area contributed by atoms with Crippen molar-refractivity contribution in [3.8, 4) is 0 Å². The molecule has 0 aliphatic carbocycles. The van der Waals surface area contributed by atoms with Crippen molar-refractivity contribution in [2.75, 3.05) is 45.6 Å². The summed E-state index contributed by atoms with van der Waals surface area (Å²) >= 11 is 0. The van der Waals surface area contributed by atoms with E-state index in [0.717, 1.165) is 19.3 Å².